The minimum Gasteiger partial charge on any atom is -0.508 e. The Labute approximate surface area is 144 Å². The molecule has 5 nitrogen and oxygen atoms in total. The van der Waals surface area contributed by atoms with Gasteiger partial charge in [0, 0.05) is 28.3 Å². The van der Waals surface area contributed by atoms with E-state index in [1.54, 1.807) is 6.07 Å². The summed E-state index contributed by atoms with van der Waals surface area (Å²) in [6, 6.07) is 14.8. The van der Waals surface area contributed by atoms with Gasteiger partial charge in [-0.1, -0.05) is 24.3 Å². The van der Waals surface area contributed by atoms with Gasteiger partial charge < -0.3 is 10.2 Å². The van der Waals surface area contributed by atoms with Crippen LogP contribution in [-0.2, 0) is 0 Å². The van der Waals surface area contributed by atoms with Gasteiger partial charge >= 0.3 is 0 Å². The topological polar surface area (TPSA) is 82.0 Å². The highest BCUT2D eigenvalue weighted by Crippen LogP contribution is 2.40. The Morgan fingerprint density at radius 1 is 0.920 bits per heavy atom. The van der Waals surface area contributed by atoms with E-state index in [2.05, 4.69) is 10.2 Å². The molecule has 0 unspecified atom stereocenters. The minimum atomic E-state index is -0.00830. The van der Waals surface area contributed by atoms with Crippen molar-refractivity contribution in [1.29, 1.82) is 0 Å². The van der Waals surface area contributed by atoms with E-state index in [4.69, 9.17) is 4.98 Å². The summed E-state index contributed by atoms with van der Waals surface area (Å²) < 4.78 is 0. The smallest absolute Gasteiger partial charge is 0.129 e. The Morgan fingerprint density at radius 2 is 1.72 bits per heavy atom. The quantitative estimate of drug-likeness (QED) is 0.511. The molecular weight excluding hydrogens is 314 g/mol. The molecule has 0 radical (unpaired) electrons. The molecule has 3 N–H and O–H groups in total. The summed E-state index contributed by atoms with van der Waals surface area (Å²) in [6.45, 7) is 3.76. The third-order valence-electron chi connectivity index (χ3n) is 4.34. The van der Waals surface area contributed by atoms with Crippen molar-refractivity contribution in [3.63, 3.8) is 0 Å². The maximum atomic E-state index is 10.3. The Morgan fingerprint density at radius 3 is 2.52 bits per heavy atom. The van der Waals surface area contributed by atoms with Gasteiger partial charge in [-0.15, -0.1) is 0 Å². The number of aromatic hydroxyl groups is 2. The molecule has 0 aliphatic rings. The van der Waals surface area contributed by atoms with Gasteiger partial charge in [0.15, 0.2) is 0 Å². The van der Waals surface area contributed by atoms with Crippen LogP contribution in [0.3, 0.4) is 0 Å². The lowest BCUT2D eigenvalue weighted by molar-refractivity contribution is 0.451. The van der Waals surface area contributed by atoms with E-state index < -0.39 is 0 Å². The fraction of sp³-hybridized carbons (Fsp3) is 0.100. The highest BCUT2D eigenvalue weighted by molar-refractivity contribution is 5.88. The monoisotopic (exact) mass is 331 g/mol. The van der Waals surface area contributed by atoms with Gasteiger partial charge in [-0.25, -0.2) is 4.98 Å². The van der Waals surface area contributed by atoms with E-state index in [0.717, 1.165) is 33.4 Å². The van der Waals surface area contributed by atoms with Gasteiger partial charge in [-0.05, 0) is 37.6 Å². The molecule has 0 spiro atoms. The second-order valence-electron chi connectivity index (χ2n) is 6.12. The predicted molar refractivity (Wildman–Crippen MR) is 97.6 cm³/mol. The SMILES string of the molecule is Cc1cc(O)cc(O)c1-c1n[nH]c(C)c1-c1ccc2ccccc2n1. The third-order valence-corrected chi connectivity index (χ3v) is 4.34. The molecule has 0 atom stereocenters. The van der Waals surface area contributed by atoms with Crippen LogP contribution in [0.5, 0.6) is 11.5 Å². The highest BCUT2D eigenvalue weighted by Gasteiger charge is 2.20. The summed E-state index contributed by atoms with van der Waals surface area (Å²) in [5.41, 5.74) is 5.35. The highest BCUT2D eigenvalue weighted by atomic mass is 16.3. The Kier molecular flexibility index (Phi) is 3.42. The molecule has 0 aliphatic heterocycles. The number of aromatic amines is 1. The van der Waals surface area contributed by atoms with Gasteiger partial charge in [-0.2, -0.15) is 5.10 Å². The van der Waals surface area contributed by atoms with Crippen LogP contribution in [0.25, 0.3) is 33.4 Å². The van der Waals surface area contributed by atoms with E-state index in [9.17, 15) is 10.2 Å². The number of nitrogens with one attached hydrogen (secondary N) is 1. The van der Waals surface area contributed by atoms with E-state index in [-0.39, 0.29) is 11.5 Å². The molecule has 4 aromatic rings. The number of phenols is 2. The van der Waals surface area contributed by atoms with Gasteiger partial charge in [0.05, 0.1) is 11.2 Å². The van der Waals surface area contributed by atoms with E-state index >= 15 is 0 Å². The minimum absolute atomic E-state index is 0.00830. The van der Waals surface area contributed by atoms with E-state index in [1.807, 2.05) is 50.2 Å². The predicted octanol–water partition coefficient (Wildman–Crippen LogP) is 4.32. The van der Waals surface area contributed by atoms with Crippen molar-refractivity contribution < 1.29 is 10.2 Å². The molecule has 124 valence electrons. The lowest BCUT2D eigenvalue weighted by Crippen LogP contribution is -1.91. The number of phenolic OH excluding ortho intramolecular Hbond substituents is 2. The number of hydrogen-bond donors (Lipinski definition) is 3. The Bertz CT molecular complexity index is 1080. The fourth-order valence-electron chi connectivity index (χ4n) is 3.19. The molecule has 0 aliphatic carbocycles. The number of benzene rings is 2. The van der Waals surface area contributed by atoms with E-state index in [1.165, 1.54) is 6.07 Å². The van der Waals surface area contributed by atoms with Crippen LogP contribution in [0.4, 0.5) is 0 Å². The molecule has 4 rings (SSSR count). The second-order valence-corrected chi connectivity index (χ2v) is 6.12. The normalized spacial score (nSPS) is 11.1. The lowest BCUT2D eigenvalue weighted by Gasteiger charge is -2.10. The van der Waals surface area contributed by atoms with Crippen molar-refractivity contribution in [2.45, 2.75) is 13.8 Å². The molecule has 2 aromatic heterocycles. The largest absolute Gasteiger partial charge is 0.508 e. The lowest BCUT2D eigenvalue weighted by atomic mass is 9.98. The van der Waals surface area contributed by atoms with Gasteiger partial charge in [0.2, 0.25) is 0 Å². The summed E-state index contributed by atoms with van der Waals surface area (Å²) in [7, 11) is 0. The number of para-hydroxylation sites is 1. The number of pyridine rings is 1. The summed E-state index contributed by atoms with van der Waals surface area (Å²) in [6.07, 6.45) is 0. The standard InChI is InChI=1S/C20H17N3O2/c1-11-9-14(24)10-17(25)18(11)20-19(12(2)22-23-20)16-8-7-13-5-3-4-6-15(13)21-16/h3-10,24-25H,1-2H3,(H,22,23). The fourth-order valence-corrected chi connectivity index (χ4v) is 3.19. The van der Waals surface area contributed by atoms with Crippen molar-refractivity contribution in [3.8, 4) is 34.0 Å². The van der Waals surface area contributed by atoms with Gasteiger partial charge in [0.1, 0.15) is 17.2 Å². The number of aromatic nitrogens is 3. The first-order chi connectivity index (χ1) is 12.0. The molecule has 0 fully saturated rings. The molecule has 25 heavy (non-hydrogen) atoms. The number of hydrogen-bond acceptors (Lipinski definition) is 4. The van der Waals surface area contributed by atoms with Gasteiger partial charge in [-0.3, -0.25) is 5.10 Å². The van der Waals surface area contributed by atoms with Crippen molar-refractivity contribution in [2.75, 3.05) is 0 Å². The number of H-pyrrole nitrogens is 1. The number of aryl methyl sites for hydroxylation is 2. The van der Waals surface area contributed by atoms with Crippen LogP contribution in [0.2, 0.25) is 0 Å². The summed E-state index contributed by atoms with van der Waals surface area (Å²) >= 11 is 0. The number of nitrogens with zero attached hydrogens (tertiary/aromatic N) is 2. The van der Waals surface area contributed by atoms with Crippen molar-refractivity contribution in [1.82, 2.24) is 15.2 Å². The van der Waals surface area contributed by atoms with Crippen LogP contribution in [-0.4, -0.2) is 25.4 Å². The maximum absolute atomic E-state index is 10.3. The third kappa shape index (κ3) is 2.50. The van der Waals surface area contributed by atoms with Crippen LogP contribution in [0.15, 0.2) is 48.5 Å². The Balaban J connectivity index is 1.96. The zero-order chi connectivity index (χ0) is 17.6. The number of rotatable bonds is 2. The zero-order valence-corrected chi connectivity index (χ0v) is 13.9. The molecule has 0 saturated carbocycles. The summed E-state index contributed by atoms with van der Waals surface area (Å²) in [5, 5.41) is 28.5. The van der Waals surface area contributed by atoms with Crippen LogP contribution in [0, 0.1) is 13.8 Å². The molecule has 0 bridgehead atoms. The molecule has 0 saturated heterocycles. The summed E-state index contributed by atoms with van der Waals surface area (Å²) in [4.78, 5) is 4.75. The van der Waals surface area contributed by atoms with Crippen molar-refractivity contribution in [2.24, 2.45) is 0 Å². The van der Waals surface area contributed by atoms with Crippen molar-refractivity contribution in [3.05, 3.63) is 59.8 Å². The van der Waals surface area contributed by atoms with Crippen LogP contribution < -0.4 is 0 Å². The molecule has 5 heteroatoms. The average Bonchev–Trinajstić information content (AvgIpc) is 2.95. The first-order valence-electron chi connectivity index (χ1n) is 7.98. The first kappa shape index (κ1) is 15.2. The zero-order valence-electron chi connectivity index (χ0n) is 13.9. The van der Waals surface area contributed by atoms with Crippen LogP contribution >= 0.6 is 0 Å². The number of fused-ring (bicyclic) bond motifs is 1. The van der Waals surface area contributed by atoms with Gasteiger partial charge in [0.25, 0.3) is 0 Å². The van der Waals surface area contributed by atoms with Crippen LogP contribution in [0.1, 0.15) is 11.3 Å². The molecule has 2 aromatic carbocycles. The second kappa shape index (κ2) is 5.63. The van der Waals surface area contributed by atoms with Crippen molar-refractivity contribution >= 4 is 10.9 Å². The van der Waals surface area contributed by atoms with E-state index in [0.29, 0.717) is 11.3 Å². The molecule has 0 amide bonds. The summed E-state index contributed by atoms with van der Waals surface area (Å²) in [5.74, 6) is 0.0161. The average molecular weight is 331 g/mol. The molecular formula is C20H17N3O2. The first-order valence-corrected chi connectivity index (χ1v) is 7.98. The maximum Gasteiger partial charge on any atom is 0.129 e. The Hall–Kier alpha value is -3.34. The molecule has 2 heterocycles.